The monoisotopic (exact) mass is 1070 g/mol. The molecular formula is C57H84N8O8S2. The van der Waals surface area contributed by atoms with Gasteiger partial charge in [0.25, 0.3) is 0 Å². The van der Waals surface area contributed by atoms with Crippen molar-refractivity contribution in [3.05, 3.63) is 70.8 Å². The van der Waals surface area contributed by atoms with Crippen LogP contribution in [-0.4, -0.2) is 144 Å². The third-order valence-corrected chi connectivity index (χ3v) is 19.1. The maximum Gasteiger partial charge on any atom is 0.246 e. The predicted molar refractivity (Wildman–Crippen MR) is 295 cm³/mol. The number of nitrogens with zero attached hydrogens (tertiary/aromatic N) is 2. The fraction of sp³-hybridized carbons (Fsp3) is 0.684. The summed E-state index contributed by atoms with van der Waals surface area (Å²) >= 11 is 3.39. The van der Waals surface area contributed by atoms with Crippen LogP contribution in [0.25, 0.3) is 0 Å². The van der Waals surface area contributed by atoms with E-state index in [9.17, 15) is 28.8 Å². The van der Waals surface area contributed by atoms with Crippen LogP contribution in [0.5, 0.6) is 0 Å². The highest BCUT2D eigenvalue weighted by atomic mass is 32.2. The van der Waals surface area contributed by atoms with Crippen molar-refractivity contribution in [2.24, 2.45) is 10.8 Å². The average molecular weight is 1070 g/mol. The van der Waals surface area contributed by atoms with Gasteiger partial charge in [-0.1, -0.05) is 115 Å². The van der Waals surface area contributed by atoms with Crippen LogP contribution in [0.2, 0.25) is 0 Å². The Hall–Kier alpha value is -4.20. The van der Waals surface area contributed by atoms with Gasteiger partial charge < -0.3 is 51.2 Å². The summed E-state index contributed by atoms with van der Waals surface area (Å²) in [4.78, 5) is 86.2. The van der Waals surface area contributed by atoms with E-state index < -0.39 is 41.0 Å². The van der Waals surface area contributed by atoms with Gasteiger partial charge in [-0.3, -0.25) is 28.8 Å². The third kappa shape index (κ3) is 13.2. The zero-order valence-electron chi connectivity index (χ0n) is 45.4. The fourth-order valence-electron chi connectivity index (χ4n) is 12.5. The van der Waals surface area contributed by atoms with E-state index in [0.717, 1.165) is 74.0 Å². The van der Waals surface area contributed by atoms with Gasteiger partial charge in [0, 0.05) is 26.1 Å². The van der Waals surface area contributed by atoms with Crippen LogP contribution in [0.1, 0.15) is 146 Å². The molecule has 8 rings (SSSR count). The Bertz CT molecular complexity index is 2350. The Morgan fingerprint density at radius 2 is 1.05 bits per heavy atom. The number of unbranched alkanes of at least 4 members (excludes halogenated alkanes) is 7. The number of carbonyl (C=O) groups is 6. The summed E-state index contributed by atoms with van der Waals surface area (Å²) in [6.45, 7) is 11.4. The lowest BCUT2D eigenvalue weighted by Crippen LogP contribution is -2.58. The van der Waals surface area contributed by atoms with E-state index in [1.54, 1.807) is 54.3 Å². The van der Waals surface area contributed by atoms with Crippen molar-refractivity contribution >= 4 is 59.0 Å². The average Bonchev–Trinajstić information content (AvgIpc) is 4.04. The molecule has 4 fully saturated rings. The molecule has 412 valence electrons. The van der Waals surface area contributed by atoms with Crippen LogP contribution >= 0.6 is 23.5 Å². The van der Waals surface area contributed by atoms with E-state index in [0.29, 0.717) is 51.7 Å². The highest BCUT2D eigenvalue weighted by Gasteiger charge is 2.57. The highest BCUT2D eigenvalue weighted by molar-refractivity contribution is 8.00. The lowest BCUT2D eigenvalue weighted by atomic mass is 9.83. The van der Waals surface area contributed by atoms with Gasteiger partial charge in [-0.25, -0.2) is 0 Å². The molecule has 1 unspecified atom stereocenters. The molecule has 0 radical (unpaired) electrons. The van der Waals surface area contributed by atoms with Gasteiger partial charge in [0.15, 0.2) is 0 Å². The molecule has 18 heteroatoms. The number of rotatable bonds is 23. The Balaban J connectivity index is 0.760. The second-order valence-corrected chi connectivity index (χ2v) is 25.6. The normalized spacial score (nSPS) is 28.8. The molecule has 4 heterocycles. The first-order chi connectivity index (χ1) is 36.0. The van der Waals surface area contributed by atoms with Crippen LogP contribution in [0.3, 0.4) is 0 Å². The fourth-order valence-corrected chi connectivity index (χ4v) is 15.7. The molecule has 6 aliphatic rings. The second-order valence-electron chi connectivity index (χ2n) is 23.1. The highest BCUT2D eigenvalue weighted by Crippen LogP contribution is 2.48. The van der Waals surface area contributed by atoms with Crippen molar-refractivity contribution < 1.29 is 38.2 Å². The Kier molecular flexibility index (Phi) is 19.4. The maximum absolute atomic E-state index is 14.5. The van der Waals surface area contributed by atoms with Crippen molar-refractivity contribution in [3.8, 4) is 0 Å². The number of nitrogens with one attached hydrogen (secondary N) is 6. The minimum atomic E-state index is -0.682. The van der Waals surface area contributed by atoms with Crippen molar-refractivity contribution in [2.45, 2.75) is 190 Å². The van der Waals surface area contributed by atoms with E-state index >= 15 is 0 Å². The third-order valence-electron chi connectivity index (χ3n) is 16.6. The number of ether oxygens (including phenoxy) is 2. The second kappa shape index (κ2) is 25.5. The summed E-state index contributed by atoms with van der Waals surface area (Å²) in [5.41, 5.74) is 3.54. The molecule has 16 nitrogen and oxygen atoms in total. The smallest absolute Gasteiger partial charge is 0.246 e. The number of hydrogen-bond donors (Lipinski definition) is 6. The molecule has 0 spiro atoms. The quantitative estimate of drug-likeness (QED) is 0.0746. The number of amides is 6. The van der Waals surface area contributed by atoms with E-state index in [2.05, 4.69) is 83.9 Å². The van der Waals surface area contributed by atoms with Gasteiger partial charge in [-0.15, -0.1) is 23.5 Å². The topological polar surface area (TPSA) is 200 Å². The lowest BCUT2D eigenvalue weighted by Gasteiger charge is -2.35. The zero-order chi connectivity index (χ0) is 53.4. The van der Waals surface area contributed by atoms with Crippen molar-refractivity contribution in [1.82, 2.24) is 41.7 Å². The van der Waals surface area contributed by atoms with Crippen molar-refractivity contribution in [2.75, 3.05) is 45.4 Å². The summed E-state index contributed by atoms with van der Waals surface area (Å²) in [6.07, 6.45) is 11.9. The number of fused-ring (bicyclic) bond motifs is 4. The van der Waals surface area contributed by atoms with E-state index in [1.165, 1.54) is 11.1 Å². The van der Waals surface area contributed by atoms with E-state index in [4.69, 9.17) is 9.47 Å². The molecule has 2 aromatic rings. The standard InChI is InChI=1S/C57H84N8O8S2/c1-35(59-7)51(67)61-41-25-29-75-46-33-57(4,5)50(65(46)55(41)71)53(69)63-48-39-23-17-15-21-37(39)31-43(48)73-27-19-13-11-9-8-10-12-18-26-72-42-30-36-20-14-16-22-38(36)47(42)62-52(68)49-56(2,3)32-45-64(49)54(70)40(24-28-74-45)60-44(66)34-58-6/h14-17,20-23,35,40-43,45-50,58-59H,8-13,18-19,24-34H2,1-7H3,(H,60,66)(H,61,67)(H,62,68)(H,63,69)/t35-,40-,41-,42+,43+,45-,46-,47?,48-,49+,50+/m0/s1. The Morgan fingerprint density at radius 1 is 0.627 bits per heavy atom. The summed E-state index contributed by atoms with van der Waals surface area (Å²) in [5.74, 6) is 0.250. The molecule has 2 aromatic carbocycles. The van der Waals surface area contributed by atoms with Crippen LogP contribution in [0.15, 0.2) is 48.5 Å². The first-order valence-corrected chi connectivity index (χ1v) is 29.9. The first kappa shape index (κ1) is 57.0. The SMILES string of the molecule is CNCC(=O)N[C@H]1CCS[C@H]2CC(C)(C)[C@@H](C(=O)NC3c4ccccc4C[C@H]3OCCCCCCCCCCO[C@@H]3Cc4ccccc4[C@@H]3NC(=O)[C@H]3N4C(=O)[C@@H](NC(=O)[C@H](C)NC)CCS[C@H]4CC3(C)C)N2C1=O. The molecule has 6 amide bonds. The number of likely N-dealkylation sites (N-methyl/N-ethyl adjacent to an activating group) is 2. The van der Waals surface area contributed by atoms with Crippen molar-refractivity contribution in [1.29, 1.82) is 0 Å². The molecule has 6 N–H and O–H groups in total. The summed E-state index contributed by atoms with van der Waals surface area (Å²) in [5, 5.41) is 18.1. The summed E-state index contributed by atoms with van der Waals surface area (Å²) < 4.78 is 13.2. The molecule has 11 atom stereocenters. The molecule has 0 saturated carbocycles. The molecule has 0 aromatic heterocycles. The summed E-state index contributed by atoms with van der Waals surface area (Å²) in [6, 6.07) is 12.6. The van der Waals surface area contributed by atoms with E-state index in [-0.39, 0.29) is 77.0 Å². The van der Waals surface area contributed by atoms with Crippen molar-refractivity contribution in [3.63, 3.8) is 0 Å². The van der Waals surface area contributed by atoms with Gasteiger partial charge >= 0.3 is 0 Å². The van der Waals surface area contributed by atoms with Gasteiger partial charge in [-0.05, 0) is 104 Å². The molecular weight excluding hydrogens is 989 g/mol. The van der Waals surface area contributed by atoms with E-state index in [1.807, 2.05) is 24.3 Å². The molecule has 2 aliphatic carbocycles. The predicted octanol–water partition coefficient (Wildman–Crippen LogP) is 5.68. The van der Waals surface area contributed by atoms with Gasteiger partial charge in [-0.2, -0.15) is 0 Å². The zero-order valence-corrected chi connectivity index (χ0v) is 47.0. The number of carbonyl (C=O) groups excluding carboxylic acids is 6. The largest absolute Gasteiger partial charge is 0.375 e. The molecule has 0 bridgehead atoms. The van der Waals surface area contributed by atoms with Crippen LogP contribution in [0, 0.1) is 10.8 Å². The minimum absolute atomic E-state index is 0.121. The number of benzene rings is 2. The molecule has 4 saturated heterocycles. The lowest BCUT2D eigenvalue weighted by molar-refractivity contribution is -0.144. The van der Waals surface area contributed by atoms with Crippen LogP contribution in [0.4, 0.5) is 0 Å². The van der Waals surface area contributed by atoms with Crippen LogP contribution in [-0.2, 0) is 51.1 Å². The van der Waals surface area contributed by atoms with Gasteiger partial charge in [0.2, 0.25) is 35.4 Å². The number of thioether (sulfide) groups is 2. The van der Waals surface area contributed by atoms with Crippen LogP contribution < -0.4 is 31.9 Å². The van der Waals surface area contributed by atoms with Gasteiger partial charge in [0.05, 0.1) is 47.6 Å². The summed E-state index contributed by atoms with van der Waals surface area (Å²) in [7, 11) is 3.41. The number of hydrogen-bond acceptors (Lipinski definition) is 12. The molecule has 4 aliphatic heterocycles. The Morgan fingerprint density at radius 3 is 1.49 bits per heavy atom. The maximum atomic E-state index is 14.5. The molecule has 75 heavy (non-hydrogen) atoms. The Labute approximate surface area is 453 Å². The first-order valence-electron chi connectivity index (χ1n) is 27.8. The minimum Gasteiger partial charge on any atom is -0.375 e. The van der Waals surface area contributed by atoms with Gasteiger partial charge in [0.1, 0.15) is 24.2 Å².